The van der Waals surface area contributed by atoms with Gasteiger partial charge in [-0.1, -0.05) is 6.07 Å². The number of ether oxygens (including phenoxy) is 1. The van der Waals surface area contributed by atoms with Gasteiger partial charge in [-0.25, -0.2) is 9.78 Å². The van der Waals surface area contributed by atoms with E-state index in [9.17, 15) is 14.9 Å². The summed E-state index contributed by atoms with van der Waals surface area (Å²) in [6.45, 7) is 0.889. The van der Waals surface area contributed by atoms with Crippen molar-refractivity contribution in [3.05, 3.63) is 64.3 Å². The Balaban J connectivity index is 1.37. The van der Waals surface area contributed by atoms with E-state index in [-0.39, 0.29) is 18.9 Å². The van der Waals surface area contributed by atoms with Crippen LogP contribution in [0.15, 0.2) is 36.8 Å². The van der Waals surface area contributed by atoms with Gasteiger partial charge < -0.3 is 19.5 Å². The molecule has 0 aromatic carbocycles. The highest BCUT2D eigenvalue weighted by Crippen LogP contribution is 2.37. The number of aromatic nitrogens is 3. The second-order valence-corrected chi connectivity index (χ2v) is 8.47. The largest absolute Gasteiger partial charge is 0.441 e. The molecule has 10 heteroatoms. The molecule has 2 amide bonds. The molecule has 1 N–H and O–H groups in total. The number of hydrogen-bond donors (Lipinski definition) is 1. The molecule has 0 spiro atoms. The molecule has 0 bridgehead atoms. The molecular formula is C22H22N6O3S. The van der Waals surface area contributed by atoms with Crippen molar-refractivity contribution in [1.82, 2.24) is 19.4 Å². The van der Waals surface area contributed by atoms with Crippen LogP contribution in [0.4, 0.5) is 9.80 Å². The molecule has 164 valence electrons. The molecule has 32 heavy (non-hydrogen) atoms. The number of pyridine rings is 1. The van der Waals surface area contributed by atoms with E-state index in [0.717, 1.165) is 16.1 Å². The first kappa shape index (κ1) is 21.5. The van der Waals surface area contributed by atoms with Crippen molar-refractivity contribution in [3.63, 3.8) is 0 Å². The van der Waals surface area contributed by atoms with Gasteiger partial charge in [-0.05, 0) is 30.5 Å². The van der Waals surface area contributed by atoms with Crippen LogP contribution in [0, 0.1) is 11.3 Å². The molecule has 4 rings (SSSR count). The number of hydrogen-bond acceptors (Lipinski definition) is 7. The summed E-state index contributed by atoms with van der Waals surface area (Å²) in [6.07, 6.45) is 6.05. The van der Waals surface area contributed by atoms with Crippen molar-refractivity contribution in [1.29, 1.82) is 5.26 Å². The normalized spacial score (nSPS) is 12.7. The Hall–Kier alpha value is -3.71. The highest BCUT2D eigenvalue weighted by atomic mass is 32.1. The third kappa shape index (κ3) is 4.78. The Morgan fingerprint density at radius 1 is 1.31 bits per heavy atom. The summed E-state index contributed by atoms with van der Waals surface area (Å²) in [5.41, 5.74) is 2.22. The average Bonchev–Trinajstić information content (AvgIpc) is 3.38. The van der Waals surface area contributed by atoms with Gasteiger partial charge in [0.2, 0.25) is 5.91 Å². The number of nitrogens with zero attached hydrogens (tertiary/aromatic N) is 5. The van der Waals surface area contributed by atoms with Crippen LogP contribution in [-0.2, 0) is 42.6 Å². The summed E-state index contributed by atoms with van der Waals surface area (Å²) in [7, 11) is 1.84. The number of imidazole rings is 1. The minimum absolute atomic E-state index is 0.0944. The number of fused-ring (bicyclic) bond motifs is 1. The fraction of sp³-hybridized carbons (Fsp3) is 0.318. The van der Waals surface area contributed by atoms with Gasteiger partial charge in [0.1, 0.15) is 16.9 Å². The zero-order valence-electron chi connectivity index (χ0n) is 17.6. The number of thiophene rings is 1. The van der Waals surface area contributed by atoms with Crippen LogP contribution >= 0.6 is 11.3 Å². The lowest BCUT2D eigenvalue weighted by Crippen LogP contribution is -2.36. The molecule has 3 aromatic heterocycles. The predicted molar refractivity (Wildman–Crippen MR) is 118 cm³/mol. The Bertz CT molecular complexity index is 1160. The maximum Gasteiger partial charge on any atom is 0.410 e. The van der Waals surface area contributed by atoms with Gasteiger partial charge in [-0.2, -0.15) is 5.26 Å². The van der Waals surface area contributed by atoms with Crippen LogP contribution in [0.5, 0.6) is 0 Å². The van der Waals surface area contributed by atoms with Crippen LogP contribution in [0.25, 0.3) is 0 Å². The van der Waals surface area contributed by atoms with Gasteiger partial charge in [0, 0.05) is 49.2 Å². The molecule has 3 aromatic rings. The number of nitriles is 1. The van der Waals surface area contributed by atoms with E-state index in [1.807, 2.05) is 25.2 Å². The zero-order valence-corrected chi connectivity index (χ0v) is 18.4. The molecule has 0 radical (unpaired) electrons. The summed E-state index contributed by atoms with van der Waals surface area (Å²) < 4.78 is 7.19. The van der Waals surface area contributed by atoms with E-state index in [1.165, 1.54) is 11.3 Å². The molecular weight excluding hydrogens is 428 g/mol. The lowest BCUT2D eigenvalue weighted by Gasteiger charge is -2.26. The van der Waals surface area contributed by atoms with Gasteiger partial charge in [-0.3, -0.25) is 9.78 Å². The van der Waals surface area contributed by atoms with Crippen molar-refractivity contribution in [2.75, 3.05) is 11.9 Å². The lowest BCUT2D eigenvalue weighted by molar-refractivity contribution is -0.116. The number of aryl methyl sites for hydroxylation is 2. The van der Waals surface area contributed by atoms with Gasteiger partial charge in [0.15, 0.2) is 6.61 Å². The van der Waals surface area contributed by atoms with Crippen molar-refractivity contribution in [2.45, 2.75) is 32.4 Å². The van der Waals surface area contributed by atoms with Crippen molar-refractivity contribution in [3.8, 4) is 6.07 Å². The Morgan fingerprint density at radius 2 is 2.19 bits per heavy atom. The maximum absolute atomic E-state index is 12.5. The topological polar surface area (TPSA) is 113 Å². The Kier molecular flexibility index (Phi) is 6.47. The van der Waals surface area contributed by atoms with Crippen LogP contribution in [0.1, 0.15) is 33.9 Å². The number of carbonyl (C=O) groups excluding carboxylic acids is 2. The van der Waals surface area contributed by atoms with Crippen LogP contribution in [0.3, 0.4) is 0 Å². The van der Waals surface area contributed by atoms with E-state index in [2.05, 4.69) is 21.4 Å². The van der Waals surface area contributed by atoms with Crippen molar-refractivity contribution >= 4 is 28.3 Å². The summed E-state index contributed by atoms with van der Waals surface area (Å²) in [5, 5.41) is 13.1. The first-order valence-corrected chi connectivity index (χ1v) is 11.0. The van der Waals surface area contributed by atoms with Crippen LogP contribution in [-0.4, -0.2) is 38.0 Å². The summed E-state index contributed by atoms with van der Waals surface area (Å²) in [4.78, 5) is 35.8. The van der Waals surface area contributed by atoms with Gasteiger partial charge >= 0.3 is 6.09 Å². The quantitative estimate of drug-likeness (QED) is 0.618. The number of anilines is 1. The minimum atomic E-state index is -0.425. The lowest BCUT2D eigenvalue weighted by atomic mass is 10.0. The smallest absolute Gasteiger partial charge is 0.410 e. The van der Waals surface area contributed by atoms with Crippen LogP contribution in [0.2, 0.25) is 0 Å². The molecule has 0 saturated heterocycles. The molecule has 0 aliphatic carbocycles. The van der Waals surface area contributed by atoms with E-state index in [0.29, 0.717) is 42.3 Å². The van der Waals surface area contributed by atoms with Crippen molar-refractivity contribution < 1.29 is 14.3 Å². The predicted octanol–water partition coefficient (Wildman–Crippen LogP) is 3.01. The molecule has 0 saturated carbocycles. The molecule has 1 aliphatic heterocycles. The molecule has 4 heterocycles. The first-order valence-electron chi connectivity index (χ1n) is 10.2. The van der Waals surface area contributed by atoms with E-state index >= 15 is 0 Å². The molecule has 9 nitrogen and oxygen atoms in total. The molecule has 0 atom stereocenters. The van der Waals surface area contributed by atoms with E-state index < -0.39 is 6.09 Å². The SMILES string of the molecule is Cn1ccnc1COC(=O)N1CCc2c(sc(NC(=O)CCc3ccccn3)c2C#N)C1. The zero-order chi connectivity index (χ0) is 22.5. The third-order valence-electron chi connectivity index (χ3n) is 5.26. The highest BCUT2D eigenvalue weighted by molar-refractivity contribution is 7.16. The fourth-order valence-corrected chi connectivity index (χ4v) is 4.73. The Labute approximate surface area is 189 Å². The number of carbonyl (C=O) groups is 2. The van der Waals surface area contributed by atoms with E-state index in [1.54, 1.807) is 28.1 Å². The van der Waals surface area contributed by atoms with Gasteiger partial charge in [0.05, 0.1) is 12.1 Å². The average molecular weight is 451 g/mol. The molecule has 0 fully saturated rings. The standard InChI is InChI=1S/C22H22N6O3S/c1-27-11-9-25-19(27)14-31-22(30)28-10-7-16-17(12-23)21(32-18(16)13-28)26-20(29)6-5-15-4-2-3-8-24-15/h2-4,8-9,11H,5-7,10,13-14H2,1H3,(H,26,29). The number of amides is 2. The highest BCUT2D eigenvalue weighted by Gasteiger charge is 2.28. The second-order valence-electron chi connectivity index (χ2n) is 7.37. The van der Waals surface area contributed by atoms with Crippen molar-refractivity contribution in [2.24, 2.45) is 7.05 Å². The fourth-order valence-electron chi connectivity index (χ4n) is 3.50. The summed E-state index contributed by atoms with van der Waals surface area (Å²) >= 11 is 1.34. The minimum Gasteiger partial charge on any atom is -0.441 e. The number of rotatable bonds is 6. The maximum atomic E-state index is 12.5. The summed E-state index contributed by atoms with van der Waals surface area (Å²) in [5.74, 6) is 0.492. The number of nitrogens with one attached hydrogen (secondary N) is 1. The second kappa shape index (κ2) is 9.62. The summed E-state index contributed by atoms with van der Waals surface area (Å²) in [6, 6.07) is 7.80. The van der Waals surface area contributed by atoms with Crippen LogP contribution < -0.4 is 5.32 Å². The van der Waals surface area contributed by atoms with Gasteiger partial charge in [-0.15, -0.1) is 11.3 Å². The molecule has 0 unspecified atom stereocenters. The Morgan fingerprint density at radius 3 is 2.91 bits per heavy atom. The molecule has 1 aliphatic rings. The first-order chi connectivity index (χ1) is 15.5. The van der Waals surface area contributed by atoms with E-state index in [4.69, 9.17) is 4.74 Å². The van der Waals surface area contributed by atoms with Gasteiger partial charge in [0.25, 0.3) is 0 Å². The monoisotopic (exact) mass is 450 g/mol. The third-order valence-corrected chi connectivity index (χ3v) is 6.39.